The van der Waals surface area contributed by atoms with Crippen LogP contribution in [0.1, 0.15) is 12.5 Å². The van der Waals surface area contributed by atoms with Crippen molar-refractivity contribution in [2.75, 3.05) is 13.7 Å². The van der Waals surface area contributed by atoms with Crippen LogP contribution in [0.15, 0.2) is 53.5 Å². The second-order valence-electron chi connectivity index (χ2n) is 6.24. The molecule has 3 rings (SSSR count). The molecular formula is C21H19N3O6S. The van der Waals surface area contributed by atoms with Gasteiger partial charge in [-0.15, -0.1) is 0 Å². The van der Waals surface area contributed by atoms with Crippen LogP contribution in [0.3, 0.4) is 0 Å². The first-order valence-corrected chi connectivity index (χ1v) is 10.1. The normalized spacial score (nSPS) is 11.7. The highest BCUT2D eigenvalue weighted by molar-refractivity contribution is 7.16. The molecule has 0 bridgehead atoms. The standard InChI is InChI=1S/C21H19N3O6S/c1-3-30-16-9-10-17-18(12-16)31-21(23(17)13-20(26)29-2)22-19(25)11-6-14-4-7-15(8-5-14)24(27)28/h4-12H,3,13H2,1-2H3/b11-6-,22-21?. The third-order valence-corrected chi connectivity index (χ3v) is 5.25. The lowest BCUT2D eigenvalue weighted by Crippen LogP contribution is -2.22. The first-order chi connectivity index (χ1) is 14.9. The fourth-order valence-corrected chi connectivity index (χ4v) is 3.81. The molecule has 0 aliphatic rings. The van der Waals surface area contributed by atoms with E-state index >= 15 is 0 Å². The van der Waals surface area contributed by atoms with Gasteiger partial charge >= 0.3 is 5.97 Å². The Morgan fingerprint density at radius 3 is 2.61 bits per heavy atom. The quantitative estimate of drug-likeness (QED) is 0.241. The van der Waals surface area contributed by atoms with E-state index in [9.17, 15) is 19.7 Å². The lowest BCUT2D eigenvalue weighted by molar-refractivity contribution is -0.384. The molecule has 9 nitrogen and oxygen atoms in total. The van der Waals surface area contributed by atoms with Gasteiger partial charge in [-0.2, -0.15) is 4.99 Å². The molecule has 160 valence electrons. The number of hydrogen-bond donors (Lipinski definition) is 0. The van der Waals surface area contributed by atoms with Crippen molar-refractivity contribution in [2.24, 2.45) is 4.99 Å². The average molecular weight is 441 g/mol. The third-order valence-electron chi connectivity index (χ3n) is 4.21. The zero-order chi connectivity index (χ0) is 22.4. The SMILES string of the molecule is CCOc1ccc2c(c1)sc(=NC(=O)/C=C\c1ccc([N+](=O)[O-])cc1)n2CC(=O)OC. The minimum atomic E-state index is -0.534. The highest BCUT2D eigenvalue weighted by Gasteiger charge is 2.12. The zero-order valence-corrected chi connectivity index (χ0v) is 17.6. The number of methoxy groups -OCH3 is 1. The van der Waals surface area contributed by atoms with Gasteiger partial charge in [0.1, 0.15) is 12.3 Å². The van der Waals surface area contributed by atoms with Gasteiger partial charge in [0.2, 0.25) is 0 Å². The lowest BCUT2D eigenvalue weighted by Gasteiger charge is -2.05. The summed E-state index contributed by atoms with van der Waals surface area (Å²) in [5.74, 6) is -0.324. The Labute approximate surface area is 181 Å². The molecule has 1 amide bonds. The van der Waals surface area contributed by atoms with Gasteiger partial charge in [-0.1, -0.05) is 11.3 Å². The molecule has 0 atom stereocenters. The number of nitro groups is 1. The van der Waals surface area contributed by atoms with Crippen LogP contribution in [0.25, 0.3) is 16.3 Å². The number of carbonyl (C=O) groups is 2. The Balaban J connectivity index is 1.94. The van der Waals surface area contributed by atoms with Crippen LogP contribution in [-0.2, 0) is 20.9 Å². The molecule has 0 saturated heterocycles. The molecule has 0 fully saturated rings. The van der Waals surface area contributed by atoms with E-state index in [1.165, 1.54) is 54.9 Å². The number of non-ortho nitro benzene ring substituents is 1. The highest BCUT2D eigenvalue weighted by atomic mass is 32.1. The maximum Gasteiger partial charge on any atom is 0.325 e. The van der Waals surface area contributed by atoms with Crippen LogP contribution in [0.5, 0.6) is 5.75 Å². The summed E-state index contributed by atoms with van der Waals surface area (Å²) in [5.41, 5.74) is 1.31. The Hall–Kier alpha value is -3.79. The Morgan fingerprint density at radius 2 is 1.97 bits per heavy atom. The van der Waals surface area contributed by atoms with E-state index in [4.69, 9.17) is 9.47 Å². The molecule has 1 aromatic heterocycles. The van der Waals surface area contributed by atoms with Crippen molar-refractivity contribution >= 4 is 45.2 Å². The van der Waals surface area contributed by atoms with Gasteiger partial charge in [0.05, 0.1) is 28.9 Å². The molecule has 0 radical (unpaired) electrons. The van der Waals surface area contributed by atoms with Gasteiger partial charge in [-0.05, 0) is 48.9 Å². The molecule has 3 aromatic rings. The maximum atomic E-state index is 12.4. The largest absolute Gasteiger partial charge is 0.494 e. The van der Waals surface area contributed by atoms with Crippen molar-refractivity contribution in [3.8, 4) is 5.75 Å². The maximum absolute atomic E-state index is 12.4. The summed E-state index contributed by atoms with van der Waals surface area (Å²) in [5, 5.41) is 10.7. The lowest BCUT2D eigenvalue weighted by atomic mass is 10.2. The molecule has 0 saturated carbocycles. The number of rotatable bonds is 7. The van der Waals surface area contributed by atoms with Crippen molar-refractivity contribution in [1.82, 2.24) is 4.57 Å². The van der Waals surface area contributed by atoms with Crippen molar-refractivity contribution in [2.45, 2.75) is 13.5 Å². The van der Waals surface area contributed by atoms with Crippen molar-refractivity contribution < 1.29 is 24.0 Å². The molecule has 31 heavy (non-hydrogen) atoms. The number of thiazole rings is 1. The summed E-state index contributed by atoms with van der Waals surface area (Å²) in [6.07, 6.45) is 2.78. The number of aromatic nitrogens is 1. The number of fused-ring (bicyclic) bond motifs is 1. The number of nitrogens with zero attached hydrogens (tertiary/aromatic N) is 3. The summed E-state index contributed by atoms with van der Waals surface area (Å²) >= 11 is 1.25. The van der Waals surface area contributed by atoms with Crippen LogP contribution in [0.2, 0.25) is 0 Å². The highest BCUT2D eigenvalue weighted by Crippen LogP contribution is 2.23. The summed E-state index contributed by atoms with van der Waals surface area (Å²) in [6.45, 7) is 2.30. The summed E-state index contributed by atoms with van der Waals surface area (Å²) in [4.78, 5) is 39.0. The fourth-order valence-electron chi connectivity index (χ4n) is 2.75. The summed E-state index contributed by atoms with van der Waals surface area (Å²) < 4.78 is 12.7. The molecule has 1 heterocycles. The Bertz CT molecular complexity index is 1220. The monoisotopic (exact) mass is 441 g/mol. The van der Waals surface area contributed by atoms with E-state index in [-0.39, 0.29) is 12.2 Å². The number of nitro benzene ring substituents is 1. The number of esters is 1. The van der Waals surface area contributed by atoms with Gasteiger partial charge in [-0.25, -0.2) is 0 Å². The molecule has 0 spiro atoms. The number of carbonyl (C=O) groups excluding carboxylic acids is 2. The van der Waals surface area contributed by atoms with E-state index in [0.29, 0.717) is 22.7 Å². The summed E-state index contributed by atoms with van der Waals surface area (Å²) in [6, 6.07) is 11.2. The van der Waals surface area contributed by atoms with Crippen LogP contribution in [0.4, 0.5) is 5.69 Å². The van der Waals surface area contributed by atoms with Gasteiger partial charge in [0.15, 0.2) is 4.80 Å². The molecule has 0 aliphatic heterocycles. The predicted molar refractivity (Wildman–Crippen MR) is 116 cm³/mol. The number of benzene rings is 2. The smallest absolute Gasteiger partial charge is 0.325 e. The van der Waals surface area contributed by atoms with Crippen LogP contribution in [0, 0.1) is 10.1 Å². The van der Waals surface area contributed by atoms with E-state index in [0.717, 1.165) is 10.2 Å². The molecule has 0 unspecified atom stereocenters. The Morgan fingerprint density at radius 1 is 1.23 bits per heavy atom. The summed E-state index contributed by atoms with van der Waals surface area (Å²) in [7, 11) is 1.29. The van der Waals surface area contributed by atoms with Gasteiger partial charge in [0, 0.05) is 18.2 Å². The van der Waals surface area contributed by atoms with E-state index in [1.54, 1.807) is 16.7 Å². The molecule has 0 N–H and O–H groups in total. The van der Waals surface area contributed by atoms with Gasteiger partial charge < -0.3 is 14.0 Å². The molecule has 0 aliphatic carbocycles. The van der Waals surface area contributed by atoms with E-state index in [2.05, 4.69) is 4.99 Å². The van der Waals surface area contributed by atoms with Crippen molar-refractivity contribution in [1.29, 1.82) is 0 Å². The minimum Gasteiger partial charge on any atom is -0.494 e. The second-order valence-corrected chi connectivity index (χ2v) is 7.25. The average Bonchev–Trinajstić information content (AvgIpc) is 3.08. The molecular weight excluding hydrogens is 422 g/mol. The van der Waals surface area contributed by atoms with E-state index < -0.39 is 16.8 Å². The fraction of sp³-hybridized carbons (Fsp3) is 0.190. The topological polar surface area (TPSA) is 113 Å². The molecule has 10 heteroatoms. The minimum absolute atomic E-state index is 0.0336. The van der Waals surface area contributed by atoms with Crippen LogP contribution >= 0.6 is 11.3 Å². The second kappa shape index (κ2) is 9.81. The Kier molecular flexibility index (Phi) is 6.93. The van der Waals surface area contributed by atoms with E-state index in [1.807, 2.05) is 13.0 Å². The third kappa shape index (κ3) is 5.43. The van der Waals surface area contributed by atoms with Crippen molar-refractivity contribution in [3.05, 3.63) is 69.0 Å². The van der Waals surface area contributed by atoms with Crippen LogP contribution < -0.4 is 9.54 Å². The predicted octanol–water partition coefficient (Wildman–Crippen LogP) is 3.32. The number of hydrogen-bond acceptors (Lipinski definition) is 7. The number of amides is 1. The van der Waals surface area contributed by atoms with Crippen molar-refractivity contribution in [3.63, 3.8) is 0 Å². The van der Waals surface area contributed by atoms with Crippen LogP contribution in [-0.4, -0.2) is 35.1 Å². The first-order valence-electron chi connectivity index (χ1n) is 9.25. The van der Waals surface area contributed by atoms with Gasteiger partial charge in [-0.3, -0.25) is 19.7 Å². The zero-order valence-electron chi connectivity index (χ0n) is 16.8. The van der Waals surface area contributed by atoms with Gasteiger partial charge in [0.25, 0.3) is 11.6 Å². The first kappa shape index (κ1) is 21.9. The number of ether oxygens (including phenoxy) is 2. The molecule has 2 aromatic carbocycles.